The van der Waals surface area contributed by atoms with Gasteiger partial charge >= 0.3 is 0 Å². The van der Waals surface area contributed by atoms with Gasteiger partial charge in [0, 0.05) is 23.0 Å². The summed E-state index contributed by atoms with van der Waals surface area (Å²) in [6.07, 6.45) is 7.05. The minimum Gasteiger partial charge on any atom is -0.318 e. The first-order chi connectivity index (χ1) is 8.24. The number of nitrogens with two attached hydrogens (primary N) is 1. The minimum absolute atomic E-state index is 0.0631. The first kappa shape index (κ1) is 11.0. The molecule has 90 valence electrons. The van der Waals surface area contributed by atoms with Gasteiger partial charge in [0.15, 0.2) is 0 Å². The SMILES string of the molecule is Cn1ccc(C(N)c2cc3c(s2)CCCC3)n1. The van der Waals surface area contributed by atoms with Gasteiger partial charge in [-0.25, -0.2) is 0 Å². The van der Waals surface area contributed by atoms with Crippen LogP contribution in [0.4, 0.5) is 0 Å². The van der Waals surface area contributed by atoms with Crippen molar-refractivity contribution in [1.29, 1.82) is 0 Å². The van der Waals surface area contributed by atoms with Crippen molar-refractivity contribution < 1.29 is 0 Å². The summed E-state index contributed by atoms with van der Waals surface area (Å²) in [4.78, 5) is 2.80. The van der Waals surface area contributed by atoms with Crippen LogP contribution in [0.3, 0.4) is 0 Å². The van der Waals surface area contributed by atoms with E-state index in [1.54, 1.807) is 0 Å². The van der Waals surface area contributed by atoms with E-state index in [0.29, 0.717) is 0 Å². The van der Waals surface area contributed by atoms with Crippen LogP contribution in [0.5, 0.6) is 0 Å². The predicted molar refractivity (Wildman–Crippen MR) is 70.2 cm³/mol. The first-order valence-electron chi connectivity index (χ1n) is 6.10. The Labute approximate surface area is 105 Å². The molecule has 0 saturated carbocycles. The number of aryl methyl sites for hydroxylation is 3. The Bertz CT molecular complexity index is 503. The fourth-order valence-corrected chi connectivity index (χ4v) is 3.68. The summed E-state index contributed by atoms with van der Waals surface area (Å²) in [5.74, 6) is 0. The molecular formula is C13H17N3S. The van der Waals surface area contributed by atoms with Gasteiger partial charge in [-0.2, -0.15) is 5.10 Å². The molecule has 17 heavy (non-hydrogen) atoms. The van der Waals surface area contributed by atoms with Crippen LogP contribution in [0.2, 0.25) is 0 Å². The van der Waals surface area contributed by atoms with E-state index in [1.807, 2.05) is 35.3 Å². The van der Waals surface area contributed by atoms with Crippen LogP contribution in [-0.4, -0.2) is 9.78 Å². The van der Waals surface area contributed by atoms with Crippen molar-refractivity contribution in [3.63, 3.8) is 0 Å². The number of aromatic nitrogens is 2. The number of hydrogen-bond acceptors (Lipinski definition) is 3. The number of rotatable bonds is 2. The lowest BCUT2D eigenvalue weighted by Gasteiger charge is -2.08. The third kappa shape index (κ3) is 2.03. The standard InChI is InChI=1S/C13H17N3S/c1-16-7-6-10(15-16)13(14)12-8-9-4-2-3-5-11(9)17-12/h6-8,13H,2-5,14H2,1H3. The number of thiophene rings is 1. The molecule has 0 saturated heterocycles. The van der Waals surface area contributed by atoms with Crippen LogP contribution in [0.1, 0.15) is 39.9 Å². The zero-order valence-corrected chi connectivity index (χ0v) is 10.8. The number of hydrogen-bond donors (Lipinski definition) is 1. The highest BCUT2D eigenvalue weighted by Gasteiger charge is 2.19. The van der Waals surface area contributed by atoms with Crippen molar-refractivity contribution in [1.82, 2.24) is 9.78 Å². The third-order valence-electron chi connectivity index (χ3n) is 3.38. The van der Waals surface area contributed by atoms with E-state index in [0.717, 1.165) is 5.69 Å². The Morgan fingerprint density at radius 1 is 1.41 bits per heavy atom. The zero-order valence-electron chi connectivity index (χ0n) is 10.0. The minimum atomic E-state index is -0.0631. The number of nitrogens with zero attached hydrogens (tertiary/aromatic N) is 2. The summed E-state index contributed by atoms with van der Waals surface area (Å²) in [6, 6.07) is 4.23. The second-order valence-electron chi connectivity index (χ2n) is 4.70. The molecule has 3 nitrogen and oxygen atoms in total. The average Bonchev–Trinajstić information content (AvgIpc) is 2.93. The molecule has 1 atom stereocenters. The normalized spacial score (nSPS) is 16.8. The quantitative estimate of drug-likeness (QED) is 0.885. The molecule has 0 aromatic carbocycles. The Morgan fingerprint density at radius 3 is 2.94 bits per heavy atom. The monoisotopic (exact) mass is 247 g/mol. The van der Waals surface area contributed by atoms with Crippen LogP contribution in [-0.2, 0) is 19.9 Å². The predicted octanol–water partition coefficient (Wildman–Crippen LogP) is 2.41. The summed E-state index contributed by atoms with van der Waals surface area (Å²) >= 11 is 1.87. The van der Waals surface area contributed by atoms with E-state index in [2.05, 4.69) is 11.2 Å². The molecule has 4 heteroatoms. The third-order valence-corrected chi connectivity index (χ3v) is 4.70. The lowest BCUT2D eigenvalue weighted by atomic mass is 9.98. The molecule has 0 fully saturated rings. The van der Waals surface area contributed by atoms with Gasteiger partial charge in [-0.05, 0) is 43.4 Å². The van der Waals surface area contributed by atoms with Crippen molar-refractivity contribution in [3.05, 3.63) is 39.3 Å². The molecule has 1 unspecified atom stereocenters. The van der Waals surface area contributed by atoms with Crippen LogP contribution in [0.25, 0.3) is 0 Å². The zero-order chi connectivity index (χ0) is 11.8. The van der Waals surface area contributed by atoms with Gasteiger partial charge in [0.25, 0.3) is 0 Å². The molecule has 2 N–H and O–H groups in total. The smallest absolute Gasteiger partial charge is 0.0845 e. The molecular weight excluding hydrogens is 230 g/mol. The Morgan fingerprint density at radius 2 is 2.24 bits per heavy atom. The Balaban J connectivity index is 1.91. The summed E-state index contributed by atoms with van der Waals surface area (Å²) in [6.45, 7) is 0. The molecule has 2 aromatic heterocycles. The summed E-state index contributed by atoms with van der Waals surface area (Å²) in [7, 11) is 1.93. The van der Waals surface area contributed by atoms with Crippen molar-refractivity contribution in [2.75, 3.05) is 0 Å². The lowest BCUT2D eigenvalue weighted by molar-refractivity contribution is 0.696. The van der Waals surface area contributed by atoms with E-state index >= 15 is 0 Å². The average molecular weight is 247 g/mol. The van der Waals surface area contributed by atoms with Crippen LogP contribution in [0.15, 0.2) is 18.3 Å². The van der Waals surface area contributed by atoms with Gasteiger partial charge in [0.1, 0.15) is 0 Å². The van der Waals surface area contributed by atoms with Crippen molar-refractivity contribution in [3.8, 4) is 0 Å². The van der Waals surface area contributed by atoms with Crippen molar-refractivity contribution >= 4 is 11.3 Å². The molecule has 1 aliphatic carbocycles. The molecule has 2 aromatic rings. The summed E-state index contributed by atoms with van der Waals surface area (Å²) < 4.78 is 1.81. The second kappa shape index (κ2) is 4.27. The first-order valence-corrected chi connectivity index (χ1v) is 6.92. The van der Waals surface area contributed by atoms with Gasteiger partial charge in [0.05, 0.1) is 11.7 Å². The van der Waals surface area contributed by atoms with Crippen LogP contribution < -0.4 is 5.73 Å². The van der Waals surface area contributed by atoms with Crippen molar-refractivity contribution in [2.24, 2.45) is 12.8 Å². The fraction of sp³-hybridized carbons (Fsp3) is 0.462. The molecule has 0 bridgehead atoms. The maximum Gasteiger partial charge on any atom is 0.0845 e. The molecule has 3 rings (SSSR count). The largest absolute Gasteiger partial charge is 0.318 e. The van der Waals surface area contributed by atoms with Crippen LogP contribution >= 0.6 is 11.3 Å². The molecule has 0 spiro atoms. The molecule has 1 aliphatic rings. The van der Waals surface area contributed by atoms with E-state index in [1.165, 1.54) is 41.0 Å². The van der Waals surface area contributed by atoms with E-state index in [9.17, 15) is 0 Å². The molecule has 0 amide bonds. The Hall–Kier alpha value is -1.13. The van der Waals surface area contributed by atoms with Crippen LogP contribution in [0, 0.1) is 0 Å². The van der Waals surface area contributed by atoms with Gasteiger partial charge < -0.3 is 5.73 Å². The second-order valence-corrected chi connectivity index (χ2v) is 5.86. The van der Waals surface area contributed by atoms with Crippen molar-refractivity contribution in [2.45, 2.75) is 31.7 Å². The van der Waals surface area contributed by atoms with Gasteiger partial charge in [-0.3, -0.25) is 4.68 Å². The van der Waals surface area contributed by atoms with E-state index < -0.39 is 0 Å². The number of fused-ring (bicyclic) bond motifs is 1. The molecule has 2 heterocycles. The van der Waals surface area contributed by atoms with Gasteiger partial charge in [-0.15, -0.1) is 11.3 Å². The van der Waals surface area contributed by atoms with Gasteiger partial charge in [0.2, 0.25) is 0 Å². The maximum absolute atomic E-state index is 6.28. The lowest BCUT2D eigenvalue weighted by Crippen LogP contribution is -2.11. The van der Waals surface area contributed by atoms with Gasteiger partial charge in [-0.1, -0.05) is 0 Å². The topological polar surface area (TPSA) is 43.8 Å². The molecule has 0 radical (unpaired) electrons. The maximum atomic E-state index is 6.28. The van der Waals surface area contributed by atoms with E-state index in [4.69, 9.17) is 5.73 Å². The fourth-order valence-electron chi connectivity index (χ4n) is 2.41. The highest BCUT2D eigenvalue weighted by atomic mass is 32.1. The summed E-state index contributed by atoms with van der Waals surface area (Å²) in [5, 5.41) is 4.39. The highest BCUT2D eigenvalue weighted by Crippen LogP contribution is 2.33. The summed E-state index contributed by atoms with van der Waals surface area (Å²) in [5.41, 5.74) is 8.76. The Kier molecular flexibility index (Phi) is 2.76. The van der Waals surface area contributed by atoms with E-state index in [-0.39, 0.29) is 6.04 Å². The molecule has 0 aliphatic heterocycles. The highest BCUT2D eigenvalue weighted by molar-refractivity contribution is 7.12.